The summed E-state index contributed by atoms with van der Waals surface area (Å²) in [5, 5.41) is 0.545. The molecule has 1 saturated heterocycles. The largest absolute Gasteiger partial charge is 0.356 e. The summed E-state index contributed by atoms with van der Waals surface area (Å²) < 4.78 is 2.15. The molecule has 1 fully saturated rings. The number of nitrogens with one attached hydrogen (secondary N) is 1. The van der Waals surface area contributed by atoms with Crippen LogP contribution in [-0.2, 0) is 0 Å². The minimum atomic E-state index is -0.0215. The van der Waals surface area contributed by atoms with Crippen molar-refractivity contribution >= 4 is 34.4 Å². The molecule has 1 aliphatic heterocycles. The lowest BCUT2D eigenvalue weighted by Crippen LogP contribution is -2.49. The first-order valence-corrected chi connectivity index (χ1v) is 9.12. The third-order valence-corrected chi connectivity index (χ3v) is 4.99. The van der Waals surface area contributed by atoms with Crippen LogP contribution in [0.25, 0.3) is 11.0 Å². The first kappa shape index (κ1) is 16.9. The first-order chi connectivity index (χ1) is 12.5. The van der Waals surface area contributed by atoms with Gasteiger partial charge in [0.1, 0.15) is 11.2 Å². The lowest BCUT2D eigenvalue weighted by molar-refractivity contribution is 0.0741. The summed E-state index contributed by atoms with van der Waals surface area (Å²) in [6.07, 6.45) is 5.33. The molecule has 136 valence electrons. The highest BCUT2D eigenvalue weighted by molar-refractivity contribution is 6.30. The highest BCUT2D eigenvalue weighted by Crippen LogP contribution is 2.26. The zero-order valence-electron chi connectivity index (χ0n) is 14.8. The highest BCUT2D eigenvalue weighted by atomic mass is 35.5. The van der Waals surface area contributed by atoms with Gasteiger partial charge in [-0.3, -0.25) is 4.79 Å². The van der Waals surface area contributed by atoms with Crippen LogP contribution in [0.1, 0.15) is 30.4 Å². The van der Waals surface area contributed by atoms with Crippen molar-refractivity contribution in [3.63, 3.8) is 0 Å². The van der Waals surface area contributed by atoms with Crippen molar-refractivity contribution in [3.8, 4) is 0 Å². The molecular formula is C18H21ClN6O. The van der Waals surface area contributed by atoms with Crippen LogP contribution in [-0.4, -0.2) is 56.5 Å². The molecule has 1 amide bonds. The van der Waals surface area contributed by atoms with Gasteiger partial charge in [0.25, 0.3) is 5.91 Å². The van der Waals surface area contributed by atoms with Gasteiger partial charge in [0.05, 0.1) is 16.9 Å². The van der Waals surface area contributed by atoms with Crippen molar-refractivity contribution in [2.75, 3.05) is 31.1 Å². The number of hydrogen-bond acceptors (Lipinski definition) is 4. The van der Waals surface area contributed by atoms with Crippen LogP contribution in [0.3, 0.4) is 0 Å². The van der Waals surface area contributed by atoms with E-state index in [4.69, 9.17) is 11.6 Å². The fraction of sp³-hybridized carbons (Fsp3) is 0.389. The number of amides is 1. The Kier molecular flexibility index (Phi) is 4.32. The van der Waals surface area contributed by atoms with Crippen LogP contribution in [0.2, 0.25) is 5.02 Å². The van der Waals surface area contributed by atoms with E-state index in [0.717, 1.165) is 29.9 Å². The maximum absolute atomic E-state index is 12.5. The van der Waals surface area contributed by atoms with Crippen LogP contribution in [0.4, 0.5) is 5.82 Å². The third-order valence-electron chi connectivity index (χ3n) is 4.77. The summed E-state index contributed by atoms with van der Waals surface area (Å²) in [7, 11) is 0. The molecule has 0 aliphatic carbocycles. The summed E-state index contributed by atoms with van der Waals surface area (Å²) in [5.74, 6) is 0.865. The molecule has 26 heavy (non-hydrogen) atoms. The number of nitrogens with zero attached hydrogens (tertiary/aromatic N) is 5. The van der Waals surface area contributed by atoms with Gasteiger partial charge in [-0.15, -0.1) is 0 Å². The van der Waals surface area contributed by atoms with E-state index in [9.17, 15) is 4.79 Å². The molecule has 0 unspecified atom stereocenters. The van der Waals surface area contributed by atoms with Crippen LogP contribution in [0.5, 0.6) is 0 Å². The van der Waals surface area contributed by atoms with Gasteiger partial charge >= 0.3 is 0 Å². The highest BCUT2D eigenvalue weighted by Gasteiger charge is 2.25. The van der Waals surface area contributed by atoms with Gasteiger partial charge in [-0.25, -0.2) is 9.97 Å². The van der Waals surface area contributed by atoms with E-state index in [0.29, 0.717) is 29.8 Å². The van der Waals surface area contributed by atoms with Gasteiger partial charge in [0.2, 0.25) is 0 Å². The molecule has 4 heterocycles. The van der Waals surface area contributed by atoms with Crippen molar-refractivity contribution < 1.29 is 4.79 Å². The SMILES string of the molecule is CC(C)n1cnc2c(N3CCN(C(=O)c4cc(Cl)c[nH]4)CC3)nccc21. The van der Waals surface area contributed by atoms with Crippen LogP contribution in [0, 0.1) is 0 Å². The summed E-state index contributed by atoms with van der Waals surface area (Å²) in [4.78, 5) is 28.6. The number of aromatic amines is 1. The fourth-order valence-electron chi connectivity index (χ4n) is 3.37. The minimum absolute atomic E-state index is 0.0215. The smallest absolute Gasteiger partial charge is 0.270 e. The Balaban J connectivity index is 1.52. The number of aromatic nitrogens is 4. The molecule has 8 heteroatoms. The predicted octanol–water partition coefficient (Wildman–Crippen LogP) is 2.96. The topological polar surface area (TPSA) is 70.1 Å². The number of rotatable bonds is 3. The Morgan fingerprint density at radius 2 is 2.00 bits per heavy atom. The molecule has 0 saturated carbocycles. The van der Waals surface area contributed by atoms with E-state index in [1.54, 1.807) is 12.3 Å². The zero-order chi connectivity index (χ0) is 18.3. The summed E-state index contributed by atoms with van der Waals surface area (Å²) in [5.41, 5.74) is 2.53. The van der Waals surface area contributed by atoms with Gasteiger partial charge in [-0.2, -0.15) is 0 Å². The van der Waals surface area contributed by atoms with Crippen LogP contribution >= 0.6 is 11.6 Å². The first-order valence-electron chi connectivity index (χ1n) is 8.74. The average Bonchev–Trinajstić information content (AvgIpc) is 3.27. The molecule has 3 aromatic rings. The Hall–Kier alpha value is -2.54. The molecule has 0 bridgehead atoms. The maximum Gasteiger partial charge on any atom is 0.270 e. The number of piperazine rings is 1. The molecular weight excluding hydrogens is 352 g/mol. The number of hydrogen-bond donors (Lipinski definition) is 1. The predicted molar refractivity (Wildman–Crippen MR) is 102 cm³/mol. The fourth-order valence-corrected chi connectivity index (χ4v) is 3.54. The van der Waals surface area contributed by atoms with E-state index in [-0.39, 0.29) is 5.91 Å². The van der Waals surface area contributed by atoms with Crippen LogP contribution in [0.15, 0.2) is 30.9 Å². The summed E-state index contributed by atoms with van der Waals surface area (Å²) in [6, 6.07) is 4.01. The minimum Gasteiger partial charge on any atom is -0.356 e. The van der Waals surface area contributed by atoms with Gasteiger partial charge in [-0.1, -0.05) is 11.6 Å². The van der Waals surface area contributed by atoms with Crippen molar-refractivity contribution in [2.45, 2.75) is 19.9 Å². The molecule has 3 aromatic heterocycles. The van der Waals surface area contributed by atoms with Gasteiger partial charge in [0.15, 0.2) is 5.82 Å². The number of pyridine rings is 1. The lowest BCUT2D eigenvalue weighted by Gasteiger charge is -2.35. The Bertz CT molecular complexity index is 938. The Morgan fingerprint density at radius 1 is 1.23 bits per heavy atom. The Morgan fingerprint density at radius 3 is 2.65 bits per heavy atom. The zero-order valence-corrected chi connectivity index (χ0v) is 15.6. The molecule has 7 nitrogen and oxygen atoms in total. The van der Waals surface area contributed by atoms with Crippen molar-refractivity contribution in [1.82, 2.24) is 24.4 Å². The molecule has 0 spiro atoms. The monoisotopic (exact) mass is 372 g/mol. The van der Waals surface area contributed by atoms with E-state index < -0.39 is 0 Å². The quantitative estimate of drug-likeness (QED) is 0.767. The van der Waals surface area contributed by atoms with Gasteiger partial charge in [-0.05, 0) is 26.0 Å². The number of carbonyl (C=O) groups is 1. The molecule has 1 N–H and O–H groups in total. The van der Waals surface area contributed by atoms with E-state index in [1.165, 1.54) is 0 Å². The molecule has 4 rings (SSSR count). The number of H-pyrrole nitrogens is 1. The average molecular weight is 373 g/mol. The lowest BCUT2D eigenvalue weighted by atomic mass is 10.2. The standard InChI is InChI=1S/C18H21ClN6O/c1-12(2)25-11-22-16-15(25)3-4-20-17(16)23-5-7-24(8-6-23)18(26)14-9-13(19)10-21-14/h3-4,9-12,21H,5-8H2,1-2H3. The van der Waals surface area contributed by atoms with E-state index >= 15 is 0 Å². The van der Waals surface area contributed by atoms with Gasteiger partial charge in [0, 0.05) is 44.6 Å². The van der Waals surface area contributed by atoms with E-state index in [2.05, 4.69) is 38.3 Å². The number of halogens is 1. The van der Waals surface area contributed by atoms with Gasteiger partial charge < -0.3 is 19.4 Å². The third kappa shape index (κ3) is 2.92. The second kappa shape index (κ2) is 6.64. The maximum atomic E-state index is 12.5. The molecule has 0 radical (unpaired) electrons. The summed E-state index contributed by atoms with van der Waals surface area (Å²) in [6.45, 7) is 7.00. The molecule has 1 aliphatic rings. The van der Waals surface area contributed by atoms with Crippen molar-refractivity contribution in [2.24, 2.45) is 0 Å². The number of anilines is 1. The second-order valence-electron chi connectivity index (χ2n) is 6.76. The van der Waals surface area contributed by atoms with Crippen molar-refractivity contribution in [3.05, 3.63) is 41.6 Å². The number of carbonyl (C=O) groups excluding carboxylic acids is 1. The van der Waals surface area contributed by atoms with Crippen LogP contribution < -0.4 is 4.90 Å². The molecule has 0 atom stereocenters. The number of imidazole rings is 1. The normalized spacial score (nSPS) is 15.2. The summed E-state index contributed by atoms with van der Waals surface area (Å²) >= 11 is 5.90. The van der Waals surface area contributed by atoms with Crippen molar-refractivity contribution in [1.29, 1.82) is 0 Å². The number of fused-ring (bicyclic) bond motifs is 1. The van der Waals surface area contributed by atoms with E-state index in [1.807, 2.05) is 23.5 Å². The second-order valence-corrected chi connectivity index (χ2v) is 7.20. The Labute approximate surface area is 156 Å². The molecule has 0 aromatic carbocycles.